The van der Waals surface area contributed by atoms with E-state index in [0.29, 0.717) is 11.7 Å². The minimum atomic E-state index is -0.250. The molecule has 4 nitrogen and oxygen atoms in total. The van der Waals surface area contributed by atoms with E-state index in [1.807, 2.05) is 42.5 Å². The van der Waals surface area contributed by atoms with Crippen molar-refractivity contribution in [2.75, 3.05) is 11.9 Å². The third-order valence-corrected chi connectivity index (χ3v) is 4.36. The maximum absolute atomic E-state index is 6.07. The maximum Gasteiger partial charge on any atom is 0.171 e. The molecule has 0 aromatic heterocycles. The second-order valence-electron chi connectivity index (χ2n) is 6.88. The normalized spacial score (nSPS) is 17.4. The standard InChI is InChI=1S/C21H24N2O2S/c1-4-12-24-16-9-7-8-15(13-16)22-20(26)23-18-14-21(2,3)25-19-11-6-5-10-17(18)19/h4-11,13,18H,1,12,14H2,2-3H3,(H2,22,23,26)/t18-/m1/s1. The predicted octanol–water partition coefficient (Wildman–Crippen LogP) is 4.84. The second-order valence-corrected chi connectivity index (χ2v) is 7.29. The summed E-state index contributed by atoms with van der Waals surface area (Å²) >= 11 is 5.53. The molecule has 0 bridgehead atoms. The molecular formula is C21H24N2O2S. The van der Waals surface area contributed by atoms with Gasteiger partial charge in [-0.2, -0.15) is 0 Å². The monoisotopic (exact) mass is 368 g/mol. The van der Waals surface area contributed by atoms with Crippen LogP contribution in [0.25, 0.3) is 0 Å². The van der Waals surface area contributed by atoms with Crippen LogP contribution in [0.5, 0.6) is 11.5 Å². The summed E-state index contributed by atoms with van der Waals surface area (Å²) < 4.78 is 11.6. The summed E-state index contributed by atoms with van der Waals surface area (Å²) in [5.41, 5.74) is 1.75. The lowest BCUT2D eigenvalue weighted by atomic mass is 9.90. The molecule has 3 rings (SSSR count). The van der Waals surface area contributed by atoms with E-state index in [0.717, 1.165) is 29.2 Å². The molecule has 0 fully saturated rings. The van der Waals surface area contributed by atoms with E-state index < -0.39 is 0 Å². The minimum absolute atomic E-state index is 0.0927. The zero-order chi connectivity index (χ0) is 18.6. The van der Waals surface area contributed by atoms with Gasteiger partial charge in [0.1, 0.15) is 23.7 Å². The zero-order valence-electron chi connectivity index (χ0n) is 15.1. The third-order valence-electron chi connectivity index (χ3n) is 4.14. The Balaban J connectivity index is 1.69. The highest BCUT2D eigenvalue weighted by Gasteiger charge is 2.33. The Kier molecular flexibility index (Phi) is 5.47. The van der Waals surface area contributed by atoms with Gasteiger partial charge < -0.3 is 20.1 Å². The van der Waals surface area contributed by atoms with Crippen LogP contribution in [-0.2, 0) is 0 Å². The van der Waals surface area contributed by atoms with Crippen LogP contribution in [0, 0.1) is 0 Å². The van der Waals surface area contributed by atoms with Crippen molar-refractivity contribution in [3.63, 3.8) is 0 Å². The SMILES string of the molecule is C=CCOc1cccc(NC(=S)N[C@@H]2CC(C)(C)Oc3ccccc32)c1. The highest BCUT2D eigenvalue weighted by molar-refractivity contribution is 7.80. The topological polar surface area (TPSA) is 42.5 Å². The van der Waals surface area contributed by atoms with Crippen LogP contribution in [0.15, 0.2) is 61.2 Å². The van der Waals surface area contributed by atoms with E-state index in [9.17, 15) is 0 Å². The number of hydrogen-bond donors (Lipinski definition) is 2. The molecule has 1 atom stereocenters. The van der Waals surface area contributed by atoms with E-state index >= 15 is 0 Å². The summed E-state index contributed by atoms with van der Waals surface area (Å²) in [5, 5.41) is 7.24. The number of rotatable bonds is 5. The quantitative estimate of drug-likeness (QED) is 0.584. The number of hydrogen-bond acceptors (Lipinski definition) is 3. The molecule has 1 heterocycles. The van der Waals surface area contributed by atoms with Crippen LogP contribution >= 0.6 is 12.2 Å². The first kappa shape index (κ1) is 18.3. The number of thiocarbonyl (C=S) groups is 1. The van der Waals surface area contributed by atoms with Crippen molar-refractivity contribution in [2.24, 2.45) is 0 Å². The number of benzene rings is 2. The molecule has 0 saturated heterocycles. The molecule has 2 aromatic carbocycles. The van der Waals surface area contributed by atoms with Gasteiger partial charge in [-0.05, 0) is 44.3 Å². The molecule has 0 spiro atoms. The largest absolute Gasteiger partial charge is 0.489 e. The molecule has 0 radical (unpaired) electrons. The molecule has 0 amide bonds. The fraction of sp³-hybridized carbons (Fsp3) is 0.286. The van der Waals surface area contributed by atoms with Gasteiger partial charge in [0.2, 0.25) is 0 Å². The van der Waals surface area contributed by atoms with Gasteiger partial charge >= 0.3 is 0 Å². The molecule has 5 heteroatoms. The van der Waals surface area contributed by atoms with Gasteiger partial charge in [0.05, 0.1) is 6.04 Å². The number of anilines is 1. The highest BCUT2D eigenvalue weighted by Crippen LogP contribution is 2.39. The number of para-hydroxylation sites is 1. The highest BCUT2D eigenvalue weighted by atomic mass is 32.1. The molecule has 0 aliphatic carbocycles. The van der Waals surface area contributed by atoms with Crippen LogP contribution < -0.4 is 20.1 Å². The molecule has 26 heavy (non-hydrogen) atoms. The lowest BCUT2D eigenvalue weighted by molar-refractivity contribution is 0.0697. The average molecular weight is 369 g/mol. The van der Waals surface area contributed by atoms with Gasteiger partial charge in [0.25, 0.3) is 0 Å². The number of ether oxygens (including phenoxy) is 2. The Labute approximate surface area is 160 Å². The molecule has 2 aromatic rings. The van der Waals surface area contributed by atoms with Crippen LogP contribution in [0.4, 0.5) is 5.69 Å². The molecule has 1 aliphatic rings. The van der Waals surface area contributed by atoms with E-state index in [-0.39, 0.29) is 11.6 Å². The maximum atomic E-state index is 6.07. The first-order chi connectivity index (χ1) is 12.5. The fourth-order valence-corrected chi connectivity index (χ4v) is 3.34. The molecule has 0 saturated carbocycles. The Bertz CT molecular complexity index is 804. The van der Waals surface area contributed by atoms with E-state index in [2.05, 4.69) is 37.1 Å². The Morgan fingerprint density at radius 2 is 2.12 bits per heavy atom. The number of fused-ring (bicyclic) bond motifs is 1. The molecule has 2 N–H and O–H groups in total. The van der Waals surface area contributed by atoms with Crippen molar-refractivity contribution in [2.45, 2.75) is 31.9 Å². The van der Waals surface area contributed by atoms with Crippen molar-refractivity contribution < 1.29 is 9.47 Å². The van der Waals surface area contributed by atoms with Gasteiger partial charge in [-0.15, -0.1) is 0 Å². The molecule has 0 unspecified atom stereocenters. The van der Waals surface area contributed by atoms with Crippen molar-refractivity contribution in [3.05, 3.63) is 66.7 Å². The van der Waals surface area contributed by atoms with Crippen LogP contribution in [0.3, 0.4) is 0 Å². The van der Waals surface area contributed by atoms with E-state index in [1.165, 1.54) is 0 Å². The summed E-state index contributed by atoms with van der Waals surface area (Å²) in [6.07, 6.45) is 2.55. The summed E-state index contributed by atoms with van der Waals surface area (Å²) in [6.45, 7) is 8.32. The second kappa shape index (κ2) is 7.79. The Morgan fingerprint density at radius 3 is 2.92 bits per heavy atom. The first-order valence-corrected chi connectivity index (χ1v) is 9.07. The molecule has 1 aliphatic heterocycles. The van der Waals surface area contributed by atoms with Gasteiger partial charge in [-0.25, -0.2) is 0 Å². The lowest BCUT2D eigenvalue weighted by Gasteiger charge is -2.38. The van der Waals surface area contributed by atoms with Crippen molar-refractivity contribution >= 4 is 23.0 Å². The smallest absolute Gasteiger partial charge is 0.171 e. The minimum Gasteiger partial charge on any atom is -0.489 e. The van der Waals surface area contributed by atoms with Crippen LogP contribution in [0.2, 0.25) is 0 Å². The van der Waals surface area contributed by atoms with Gasteiger partial charge in [0, 0.05) is 23.7 Å². The summed E-state index contributed by atoms with van der Waals surface area (Å²) in [6, 6.07) is 15.9. The summed E-state index contributed by atoms with van der Waals surface area (Å²) in [7, 11) is 0. The van der Waals surface area contributed by atoms with Crippen molar-refractivity contribution in [1.29, 1.82) is 0 Å². The summed E-state index contributed by atoms with van der Waals surface area (Å²) in [4.78, 5) is 0. The van der Waals surface area contributed by atoms with Crippen LogP contribution in [-0.4, -0.2) is 17.3 Å². The Hall–Kier alpha value is -2.53. The Morgan fingerprint density at radius 1 is 1.31 bits per heavy atom. The fourth-order valence-electron chi connectivity index (χ4n) is 3.08. The predicted molar refractivity (Wildman–Crippen MR) is 110 cm³/mol. The van der Waals surface area contributed by atoms with E-state index in [4.69, 9.17) is 21.7 Å². The third kappa shape index (κ3) is 4.55. The number of nitrogens with one attached hydrogen (secondary N) is 2. The van der Waals surface area contributed by atoms with Crippen molar-refractivity contribution in [3.8, 4) is 11.5 Å². The van der Waals surface area contributed by atoms with E-state index in [1.54, 1.807) is 6.08 Å². The molecular weight excluding hydrogens is 344 g/mol. The summed E-state index contributed by atoms with van der Waals surface area (Å²) in [5.74, 6) is 1.68. The van der Waals surface area contributed by atoms with Crippen molar-refractivity contribution in [1.82, 2.24) is 5.32 Å². The average Bonchev–Trinajstić information content (AvgIpc) is 2.59. The first-order valence-electron chi connectivity index (χ1n) is 8.66. The lowest BCUT2D eigenvalue weighted by Crippen LogP contribution is -2.42. The zero-order valence-corrected chi connectivity index (χ0v) is 15.9. The van der Waals surface area contributed by atoms with Gasteiger partial charge in [-0.1, -0.05) is 36.9 Å². The molecule has 136 valence electrons. The van der Waals surface area contributed by atoms with Crippen LogP contribution in [0.1, 0.15) is 31.9 Å². The van der Waals surface area contributed by atoms with Gasteiger partial charge in [-0.3, -0.25) is 0 Å². The van der Waals surface area contributed by atoms with Gasteiger partial charge in [0.15, 0.2) is 5.11 Å².